The van der Waals surface area contributed by atoms with Crippen LogP contribution in [0.1, 0.15) is 95.5 Å². The Morgan fingerprint density at radius 2 is 0.580 bits per heavy atom. The van der Waals surface area contributed by atoms with E-state index in [2.05, 4.69) is 148 Å². The van der Waals surface area contributed by atoms with Gasteiger partial charge in [-0.2, -0.15) is 0 Å². The number of aryl methyl sites for hydroxylation is 4. The van der Waals surface area contributed by atoms with E-state index in [1.54, 1.807) is 0 Å². The molecule has 7 rings (SSSR count). The van der Waals surface area contributed by atoms with Crippen molar-refractivity contribution in [3.05, 3.63) is 141 Å². The van der Waals surface area contributed by atoms with Gasteiger partial charge in [0.2, 0.25) is 0 Å². The Balaban J connectivity index is 1.32. The molecule has 0 saturated heterocycles. The molecule has 252 valence electrons. The third kappa shape index (κ3) is 6.36. The van der Waals surface area contributed by atoms with E-state index in [1.165, 1.54) is 22.3 Å². The number of hydrogen-bond donors (Lipinski definition) is 4. The first-order valence-corrected chi connectivity index (χ1v) is 17.0. The lowest BCUT2D eigenvalue weighted by molar-refractivity contribution is 0.603. The molecule has 0 radical (unpaired) electrons. The zero-order chi connectivity index (χ0) is 35.2. The Hall–Kier alpha value is -5.76. The van der Waals surface area contributed by atoms with Crippen molar-refractivity contribution in [2.45, 2.75) is 66.2 Å². The lowest BCUT2D eigenvalue weighted by Crippen LogP contribution is -2.20. The van der Waals surface area contributed by atoms with E-state index in [1.807, 2.05) is 24.9 Å². The van der Waals surface area contributed by atoms with Crippen molar-refractivity contribution in [3.63, 3.8) is 0 Å². The van der Waals surface area contributed by atoms with Crippen molar-refractivity contribution in [2.24, 2.45) is 20.0 Å². The van der Waals surface area contributed by atoms with Crippen LogP contribution in [0.15, 0.2) is 92.8 Å². The molecule has 8 bridgehead atoms. The van der Waals surface area contributed by atoms with Gasteiger partial charge >= 0.3 is 0 Å². The molecule has 0 amide bonds. The number of aromatic amines is 4. The van der Waals surface area contributed by atoms with E-state index in [-0.39, 0.29) is 10.8 Å². The van der Waals surface area contributed by atoms with Crippen LogP contribution in [-0.2, 0) is 10.8 Å². The summed E-state index contributed by atoms with van der Waals surface area (Å²) in [5, 5.41) is 0. The molecule has 50 heavy (non-hydrogen) atoms. The number of nitrogens with zero attached hydrogens (tertiary/aromatic N) is 4. The van der Waals surface area contributed by atoms with Crippen molar-refractivity contribution in [3.8, 4) is 0 Å². The summed E-state index contributed by atoms with van der Waals surface area (Å²) in [7, 11) is 0. The van der Waals surface area contributed by atoms with Crippen LogP contribution in [0.4, 0.5) is 22.7 Å². The molecule has 0 saturated carbocycles. The highest BCUT2D eigenvalue weighted by Gasteiger charge is 2.27. The number of H-pyrrole nitrogens is 4. The molecule has 5 heterocycles. The second kappa shape index (κ2) is 12.6. The first kappa shape index (κ1) is 32.8. The fraction of sp³-hybridized carbons (Fsp3) is 0.238. The third-order valence-corrected chi connectivity index (χ3v) is 10.1. The normalized spacial score (nSPS) is 15.2. The molecule has 1 aliphatic heterocycles. The van der Waals surface area contributed by atoms with Crippen LogP contribution in [0.3, 0.4) is 0 Å². The maximum atomic E-state index is 4.91. The van der Waals surface area contributed by atoms with E-state index in [0.717, 1.165) is 68.3 Å². The van der Waals surface area contributed by atoms with Gasteiger partial charge in [-0.15, -0.1) is 0 Å². The maximum absolute atomic E-state index is 4.91. The number of nitrogens with one attached hydrogen (secondary N) is 4. The zero-order valence-corrected chi connectivity index (χ0v) is 30.0. The molecule has 0 unspecified atom stereocenters. The summed E-state index contributed by atoms with van der Waals surface area (Å²) in [6.07, 6.45) is 7.51. The van der Waals surface area contributed by atoms with Gasteiger partial charge in [-0.3, -0.25) is 20.0 Å². The van der Waals surface area contributed by atoms with Gasteiger partial charge in [0.1, 0.15) is 0 Å². The van der Waals surface area contributed by atoms with Gasteiger partial charge < -0.3 is 19.9 Å². The van der Waals surface area contributed by atoms with Gasteiger partial charge in [-0.05, 0) is 150 Å². The molecule has 6 aromatic rings. The summed E-state index contributed by atoms with van der Waals surface area (Å²) in [5.74, 6) is 0. The third-order valence-electron chi connectivity index (χ3n) is 10.1. The van der Waals surface area contributed by atoms with Crippen molar-refractivity contribution in [1.82, 2.24) is 19.9 Å². The Morgan fingerprint density at radius 1 is 0.360 bits per heavy atom. The number of hydrogen-bond acceptors (Lipinski definition) is 4. The second-order valence-electron chi connectivity index (χ2n) is 14.4. The van der Waals surface area contributed by atoms with Gasteiger partial charge in [0.05, 0.1) is 70.4 Å². The molecule has 0 aliphatic carbocycles. The Labute approximate surface area is 293 Å². The van der Waals surface area contributed by atoms with Crippen molar-refractivity contribution in [1.29, 1.82) is 0 Å². The predicted octanol–water partition coefficient (Wildman–Crippen LogP) is 10.2. The molecule has 0 atom stereocenters. The fourth-order valence-corrected chi connectivity index (χ4v) is 6.24. The van der Waals surface area contributed by atoms with E-state index in [4.69, 9.17) is 20.0 Å². The molecule has 2 aromatic carbocycles. The van der Waals surface area contributed by atoms with Crippen LogP contribution in [0.2, 0.25) is 0 Å². The van der Waals surface area contributed by atoms with Crippen LogP contribution in [-0.4, -0.2) is 44.8 Å². The first-order valence-electron chi connectivity index (χ1n) is 17.0. The molecule has 0 fully saturated rings. The maximum Gasteiger partial charge on any atom is 0.0889 e. The van der Waals surface area contributed by atoms with E-state index < -0.39 is 0 Å². The second-order valence-corrected chi connectivity index (χ2v) is 14.4. The highest BCUT2D eigenvalue weighted by molar-refractivity contribution is 5.87. The highest BCUT2D eigenvalue weighted by Crippen LogP contribution is 2.35. The average molecular weight is 661 g/mol. The van der Waals surface area contributed by atoms with Gasteiger partial charge in [-0.1, -0.05) is 0 Å². The minimum atomic E-state index is -0.312. The number of fused-ring (bicyclic) bond motifs is 10. The summed E-state index contributed by atoms with van der Waals surface area (Å²) in [5.41, 5.74) is 15.3. The van der Waals surface area contributed by atoms with E-state index >= 15 is 0 Å². The SMILES string of the molecule is Cc1cc2c(cc1C)N=Cc1ccc([nH]1)C(C)(C)c1ccc([nH]1)C=Nc1cc(C)c(C)cc1N=Cc1ccc([nH]1)C(C)(C)c1ccc([nH]1)C=N2. The van der Waals surface area contributed by atoms with Crippen LogP contribution >= 0.6 is 0 Å². The zero-order valence-electron chi connectivity index (χ0n) is 30.0. The van der Waals surface area contributed by atoms with Crippen molar-refractivity contribution in [2.75, 3.05) is 0 Å². The Bertz CT molecular complexity index is 2000. The summed E-state index contributed by atoms with van der Waals surface area (Å²) >= 11 is 0. The number of rotatable bonds is 0. The molecular formula is C42H44N8. The molecule has 8 heteroatoms. The van der Waals surface area contributed by atoms with E-state index in [9.17, 15) is 0 Å². The van der Waals surface area contributed by atoms with Crippen LogP contribution in [0, 0.1) is 27.7 Å². The summed E-state index contributed by atoms with van der Waals surface area (Å²) in [4.78, 5) is 34.0. The molecule has 0 spiro atoms. The minimum Gasteiger partial charge on any atom is -0.357 e. The topological polar surface area (TPSA) is 113 Å². The highest BCUT2D eigenvalue weighted by atomic mass is 14.9. The van der Waals surface area contributed by atoms with Gasteiger partial charge in [0, 0.05) is 33.6 Å². The van der Waals surface area contributed by atoms with Crippen molar-refractivity contribution < 1.29 is 0 Å². The minimum absolute atomic E-state index is 0.312. The fourth-order valence-electron chi connectivity index (χ4n) is 6.24. The summed E-state index contributed by atoms with van der Waals surface area (Å²) in [6, 6.07) is 25.2. The number of benzene rings is 2. The number of aromatic nitrogens is 4. The molecular weight excluding hydrogens is 617 g/mol. The van der Waals surface area contributed by atoms with Crippen LogP contribution < -0.4 is 0 Å². The first-order chi connectivity index (χ1) is 23.9. The monoisotopic (exact) mass is 660 g/mol. The summed E-state index contributed by atoms with van der Waals surface area (Å²) in [6.45, 7) is 17.2. The van der Waals surface area contributed by atoms with Crippen LogP contribution in [0.5, 0.6) is 0 Å². The van der Waals surface area contributed by atoms with E-state index in [0.29, 0.717) is 0 Å². The molecule has 4 N–H and O–H groups in total. The largest absolute Gasteiger partial charge is 0.357 e. The lowest BCUT2D eigenvalue weighted by Gasteiger charge is -2.22. The molecule has 4 aromatic heterocycles. The lowest BCUT2D eigenvalue weighted by atomic mass is 9.86. The Kier molecular flexibility index (Phi) is 8.26. The average Bonchev–Trinajstić information content (AvgIpc) is 3.91. The smallest absolute Gasteiger partial charge is 0.0889 e. The van der Waals surface area contributed by atoms with Gasteiger partial charge in [0.15, 0.2) is 0 Å². The molecule has 8 nitrogen and oxygen atoms in total. The van der Waals surface area contributed by atoms with Crippen LogP contribution in [0.25, 0.3) is 0 Å². The quantitative estimate of drug-likeness (QED) is 0.124. The predicted molar refractivity (Wildman–Crippen MR) is 208 cm³/mol. The Morgan fingerprint density at radius 3 is 0.800 bits per heavy atom. The van der Waals surface area contributed by atoms with Gasteiger partial charge in [-0.25, -0.2) is 0 Å². The van der Waals surface area contributed by atoms with Crippen molar-refractivity contribution >= 4 is 47.6 Å². The summed E-state index contributed by atoms with van der Waals surface area (Å²) < 4.78 is 0. The van der Waals surface area contributed by atoms with Gasteiger partial charge in [0.25, 0.3) is 0 Å². The standard InChI is InChI=1S/C42H44N8/c1-25-17-33-34(18-26(25)2)44-22-30-10-14-38(48-30)42(7,8)40-16-12-32(50-40)24-46-36-20-28(4)27(3)19-35(36)45-23-31-11-15-39(49-31)41(5,6)37-13-9-29(47-37)21-43-33/h9-24,47-50H,1-8H3. The number of aliphatic imine (C=N–C) groups is 4. The molecule has 1 aliphatic rings.